The SMILES string of the molecule is CCCCC[Si@H]1CC[C@H](C2CCC(c3cc(F)c(O[C@H](C)CCC)c(F)c3)CC2)CC1. The third kappa shape index (κ3) is 7.04. The van der Waals surface area contributed by atoms with E-state index in [0.29, 0.717) is 5.92 Å². The normalized spacial score (nSPS) is 27.8. The molecule has 1 aromatic carbocycles. The Morgan fingerprint density at radius 2 is 1.52 bits per heavy atom. The van der Waals surface area contributed by atoms with Crippen LogP contribution in [-0.2, 0) is 0 Å². The van der Waals surface area contributed by atoms with Crippen LogP contribution in [0.15, 0.2) is 12.1 Å². The minimum atomic E-state index is -0.536. The van der Waals surface area contributed by atoms with E-state index in [1.807, 2.05) is 13.8 Å². The molecule has 0 N–H and O–H groups in total. The van der Waals surface area contributed by atoms with Crippen LogP contribution in [0.5, 0.6) is 5.75 Å². The maximum Gasteiger partial charge on any atom is 0.191 e. The summed E-state index contributed by atoms with van der Waals surface area (Å²) in [6.07, 6.45) is 13.3. The molecule has 3 rings (SSSR count). The molecule has 0 bridgehead atoms. The summed E-state index contributed by atoms with van der Waals surface area (Å²) in [6, 6.07) is 7.76. The van der Waals surface area contributed by atoms with E-state index in [4.69, 9.17) is 4.74 Å². The van der Waals surface area contributed by atoms with E-state index in [1.165, 1.54) is 57.1 Å². The summed E-state index contributed by atoms with van der Waals surface area (Å²) in [5.74, 6) is 0.785. The number of benzene rings is 1. The first-order valence-electron chi connectivity index (χ1n) is 13.2. The quantitative estimate of drug-likeness (QED) is 0.256. The summed E-state index contributed by atoms with van der Waals surface area (Å²) in [6.45, 7) is 6.22. The van der Waals surface area contributed by atoms with Crippen LogP contribution in [0.4, 0.5) is 8.78 Å². The Bertz CT molecular complexity index is 640. The van der Waals surface area contributed by atoms with Crippen molar-refractivity contribution < 1.29 is 13.5 Å². The van der Waals surface area contributed by atoms with Crippen LogP contribution in [0.3, 0.4) is 0 Å². The zero-order chi connectivity index (χ0) is 22.2. The minimum absolute atomic E-state index is 0.167. The molecule has 0 aromatic heterocycles. The number of unbranched alkanes of at least 4 members (excludes halogenated alkanes) is 2. The van der Waals surface area contributed by atoms with Crippen LogP contribution in [0.2, 0.25) is 18.1 Å². The van der Waals surface area contributed by atoms with Gasteiger partial charge in [-0.25, -0.2) is 8.78 Å². The van der Waals surface area contributed by atoms with E-state index in [0.717, 1.165) is 43.1 Å². The highest BCUT2D eigenvalue weighted by Gasteiger charge is 2.32. The number of rotatable bonds is 10. The van der Waals surface area contributed by atoms with Gasteiger partial charge in [-0.3, -0.25) is 0 Å². The van der Waals surface area contributed by atoms with Crippen molar-refractivity contribution in [1.82, 2.24) is 0 Å². The lowest BCUT2D eigenvalue weighted by atomic mass is 9.72. The molecule has 4 heteroatoms. The monoisotopic (exact) mass is 450 g/mol. The maximum atomic E-state index is 14.6. The standard InChI is InChI=1S/C27H44F2OSi/c1-4-6-7-15-31-16-13-23(14-17-31)21-9-11-22(12-10-21)24-18-25(28)27(26(29)19-24)30-20(3)8-5-2/h18-23,31H,4-17H2,1-3H3/t20-,21?,22?,23-,31-/m1/s1. The van der Waals surface area contributed by atoms with Gasteiger partial charge >= 0.3 is 0 Å². The summed E-state index contributed by atoms with van der Waals surface area (Å²) >= 11 is 0. The highest BCUT2D eigenvalue weighted by molar-refractivity contribution is 6.58. The van der Waals surface area contributed by atoms with Crippen molar-refractivity contribution in [2.45, 2.75) is 122 Å². The molecule has 1 aliphatic carbocycles. The zero-order valence-corrected chi connectivity index (χ0v) is 21.3. The third-order valence-corrected chi connectivity index (χ3v) is 11.6. The predicted octanol–water partition coefficient (Wildman–Crippen LogP) is 8.63. The van der Waals surface area contributed by atoms with Crippen molar-refractivity contribution in [2.24, 2.45) is 11.8 Å². The number of hydrogen-bond acceptors (Lipinski definition) is 1. The largest absolute Gasteiger partial charge is 0.485 e. The molecule has 1 heterocycles. The molecule has 2 aliphatic rings. The van der Waals surface area contributed by atoms with Crippen molar-refractivity contribution in [3.63, 3.8) is 0 Å². The highest BCUT2D eigenvalue weighted by Crippen LogP contribution is 2.44. The van der Waals surface area contributed by atoms with Crippen molar-refractivity contribution >= 4 is 8.80 Å². The van der Waals surface area contributed by atoms with Gasteiger partial charge in [0.2, 0.25) is 0 Å². The molecule has 1 saturated carbocycles. The molecular formula is C27H44F2OSi. The topological polar surface area (TPSA) is 9.23 Å². The Morgan fingerprint density at radius 1 is 0.903 bits per heavy atom. The van der Waals surface area contributed by atoms with Crippen molar-refractivity contribution in [2.75, 3.05) is 0 Å². The lowest BCUT2D eigenvalue weighted by Gasteiger charge is -2.37. The number of halogens is 2. The molecule has 0 unspecified atom stereocenters. The van der Waals surface area contributed by atoms with Gasteiger partial charge in [0.1, 0.15) is 0 Å². The van der Waals surface area contributed by atoms with Crippen LogP contribution >= 0.6 is 0 Å². The van der Waals surface area contributed by atoms with Gasteiger partial charge in [-0.15, -0.1) is 0 Å². The smallest absolute Gasteiger partial charge is 0.191 e. The van der Waals surface area contributed by atoms with Crippen LogP contribution in [-0.4, -0.2) is 14.9 Å². The molecule has 1 aliphatic heterocycles. The van der Waals surface area contributed by atoms with Gasteiger partial charge in [-0.2, -0.15) is 0 Å². The van der Waals surface area contributed by atoms with Crippen LogP contribution in [0.25, 0.3) is 0 Å². The van der Waals surface area contributed by atoms with Gasteiger partial charge in [-0.1, -0.05) is 70.5 Å². The molecule has 0 radical (unpaired) electrons. The Hall–Kier alpha value is -0.903. The molecule has 1 nitrogen and oxygen atoms in total. The molecular weight excluding hydrogens is 406 g/mol. The van der Waals surface area contributed by atoms with E-state index in [-0.39, 0.29) is 11.9 Å². The lowest BCUT2D eigenvalue weighted by molar-refractivity contribution is 0.190. The van der Waals surface area contributed by atoms with E-state index in [9.17, 15) is 8.78 Å². The molecule has 176 valence electrons. The van der Waals surface area contributed by atoms with Crippen LogP contribution < -0.4 is 4.74 Å². The molecule has 0 amide bonds. The van der Waals surface area contributed by atoms with Gasteiger partial charge in [0, 0.05) is 8.80 Å². The van der Waals surface area contributed by atoms with Gasteiger partial charge in [-0.05, 0) is 74.5 Å². The number of ether oxygens (including phenoxy) is 1. The third-order valence-electron chi connectivity index (χ3n) is 8.05. The van der Waals surface area contributed by atoms with Crippen molar-refractivity contribution in [3.8, 4) is 5.75 Å². The Morgan fingerprint density at radius 3 is 2.10 bits per heavy atom. The van der Waals surface area contributed by atoms with Gasteiger partial charge in [0.15, 0.2) is 17.4 Å². The Labute approximate surface area is 191 Å². The summed E-state index contributed by atoms with van der Waals surface area (Å²) in [4.78, 5) is 0. The van der Waals surface area contributed by atoms with E-state index >= 15 is 0 Å². The van der Waals surface area contributed by atoms with E-state index < -0.39 is 20.4 Å². The predicted molar refractivity (Wildman–Crippen MR) is 130 cm³/mol. The maximum absolute atomic E-state index is 14.6. The van der Waals surface area contributed by atoms with E-state index in [1.54, 1.807) is 18.1 Å². The second kappa shape index (κ2) is 12.4. The Kier molecular flexibility index (Phi) is 9.87. The first kappa shape index (κ1) is 24.7. The van der Waals surface area contributed by atoms with E-state index in [2.05, 4.69) is 6.92 Å². The van der Waals surface area contributed by atoms with Gasteiger partial charge in [0.25, 0.3) is 0 Å². The first-order chi connectivity index (χ1) is 15.0. The second-order valence-corrected chi connectivity index (χ2v) is 13.9. The molecule has 2 fully saturated rings. The fourth-order valence-corrected chi connectivity index (χ4v) is 9.68. The molecule has 0 spiro atoms. The van der Waals surface area contributed by atoms with Crippen molar-refractivity contribution in [1.29, 1.82) is 0 Å². The molecule has 31 heavy (non-hydrogen) atoms. The molecule has 1 atom stereocenters. The summed E-state index contributed by atoms with van der Waals surface area (Å²) in [7, 11) is -0.439. The Balaban J connectivity index is 1.48. The van der Waals surface area contributed by atoms with Crippen LogP contribution in [0, 0.1) is 23.5 Å². The summed E-state index contributed by atoms with van der Waals surface area (Å²) in [5, 5.41) is 0. The minimum Gasteiger partial charge on any atom is -0.485 e. The average Bonchev–Trinajstić information content (AvgIpc) is 2.77. The number of hydrogen-bond donors (Lipinski definition) is 0. The van der Waals surface area contributed by atoms with Gasteiger partial charge < -0.3 is 4.74 Å². The van der Waals surface area contributed by atoms with Crippen LogP contribution in [0.1, 0.15) is 103 Å². The first-order valence-corrected chi connectivity index (χ1v) is 15.6. The fraction of sp³-hybridized carbons (Fsp3) is 0.778. The zero-order valence-electron chi connectivity index (χ0n) is 20.1. The van der Waals surface area contributed by atoms with Gasteiger partial charge in [0.05, 0.1) is 6.10 Å². The second-order valence-electron chi connectivity index (χ2n) is 10.4. The molecule has 1 saturated heterocycles. The average molecular weight is 451 g/mol. The summed E-state index contributed by atoms with van der Waals surface area (Å²) in [5.41, 5.74) is 0.830. The summed E-state index contributed by atoms with van der Waals surface area (Å²) < 4.78 is 34.8. The molecule has 1 aromatic rings. The lowest BCUT2D eigenvalue weighted by Crippen LogP contribution is -2.28. The van der Waals surface area contributed by atoms with Crippen molar-refractivity contribution in [3.05, 3.63) is 29.3 Å². The fourth-order valence-electron chi connectivity index (χ4n) is 6.15. The highest BCUT2D eigenvalue weighted by atomic mass is 28.3.